The first kappa shape index (κ1) is 16.1. The summed E-state index contributed by atoms with van der Waals surface area (Å²) in [5, 5.41) is 1.26. The van der Waals surface area contributed by atoms with Crippen molar-refractivity contribution in [2.75, 3.05) is 26.1 Å². The molecule has 0 aliphatic carbocycles. The van der Waals surface area contributed by atoms with Crippen LogP contribution < -0.4 is 10.5 Å². The molecular weight excluding hydrogens is 284 g/mol. The number of thioether (sulfide) groups is 1. The van der Waals surface area contributed by atoms with Gasteiger partial charge in [-0.25, -0.2) is 0 Å². The Bertz CT molecular complexity index is 398. The Morgan fingerprint density at radius 3 is 2.74 bits per heavy atom. The van der Waals surface area contributed by atoms with E-state index >= 15 is 0 Å². The Hall–Kier alpha value is -0.910. The predicted octanol–water partition coefficient (Wildman–Crippen LogP) is 2.80. The molecule has 2 N–H and O–H groups in total. The number of halogens is 1. The van der Waals surface area contributed by atoms with Crippen molar-refractivity contribution in [1.29, 1.82) is 0 Å². The van der Waals surface area contributed by atoms with Crippen LogP contribution in [0, 0.1) is 0 Å². The second kappa shape index (κ2) is 9.07. The summed E-state index contributed by atoms with van der Waals surface area (Å²) in [5.74, 6) is 1.55. The summed E-state index contributed by atoms with van der Waals surface area (Å²) in [6, 6.07) is 7.35. The third-order valence-electron chi connectivity index (χ3n) is 2.17. The van der Waals surface area contributed by atoms with E-state index in [0.29, 0.717) is 23.4 Å². The summed E-state index contributed by atoms with van der Waals surface area (Å²) in [4.78, 5) is 4.28. The van der Waals surface area contributed by atoms with Crippen LogP contribution in [-0.2, 0) is 4.74 Å². The monoisotopic (exact) mass is 302 g/mol. The third kappa shape index (κ3) is 7.30. The second-order valence-electron chi connectivity index (χ2n) is 3.92. The van der Waals surface area contributed by atoms with Gasteiger partial charge in [0.15, 0.2) is 5.17 Å². The van der Waals surface area contributed by atoms with Crippen LogP contribution in [0.1, 0.15) is 6.92 Å². The molecular formula is C13H19ClN2O2S. The highest BCUT2D eigenvalue weighted by Gasteiger charge is 2.01. The Labute approximate surface area is 123 Å². The number of methoxy groups -OCH3 is 1. The molecule has 1 rings (SSSR count). The second-order valence-corrected chi connectivity index (χ2v) is 5.47. The SMILES string of the molecule is COC[C@@H](C)N=C(N)SCCOc1ccc(Cl)cc1. The van der Waals surface area contributed by atoms with Crippen molar-refractivity contribution in [2.45, 2.75) is 13.0 Å². The van der Waals surface area contributed by atoms with Crippen molar-refractivity contribution in [3.8, 4) is 5.75 Å². The quantitative estimate of drug-likeness (QED) is 0.478. The molecule has 0 saturated carbocycles. The van der Waals surface area contributed by atoms with Gasteiger partial charge in [0.25, 0.3) is 0 Å². The van der Waals surface area contributed by atoms with Crippen LogP contribution in [0.15, 0.2) is 29.3 Å². The predicted molar refractivity (Wildman–Crippen MR) is 82.4 cm³/mol. The Kier molecular flexibility index (Phi) is 7.70. The Balaban J connectivity index is 2.21. The van der Waals surface area contributed by atoms with Gasteiger partial charge in [-0.1, -0.05) is 23.4 Å². The molecule has 0 fully saturated rings. The minimum Gasteiger partial charge on any atom is -0.493 e. The number of aliphatic imine (C=N–C) groups is 1. The summed E-state index contributed by atoms with van der Waals surface area (Å²) in [6.45, 7) is 3.10. The minimum absolute atomic E-state index is 0.0784. The number of hydrogen-bond donors (Lipinski definition) is 1. The van der Waals surface area contributed by atoms with E-state index in [-0.39, 0.29) is 6.04 Å². The zero-order chi connectivity index (χ0) is 14.1. The average molecular weight is 303 g/mol. The maximum Gasteiger partial charge on any atom is 0.154 e. The molecule has 0 aliphatic rings. The van der Waals surface area contributed by atoms with Crippen molar-refractivity contribution < 1.29 is 9.47 Å². The van der Waals surface area contributed by atoms with Gasteiger partial charge in [-0.2, -0.15) is 0 Å². The molecule has 4 nitrogen and oxygen atoms in total. The lowest BCUT2D eigenvalue weighted by Gasteiger charge is -2.08. The fraction of sp³-hybridized carbons (Fsp3) is 0.462. The first-order valence-electron chi connectivity index (χ1n) is 5.95. The summed E-state index contributed by atoms with van der Waals surface area (Å²) >= 11 is 7.26. The van der Waals surface area contributed by atoms with Gasteiger partial charge in [-0.15, -0.1) is 0 Å². The standard InChI is InChI=1S/C13H19ClN2O2S/c1-10(9-17-2)16-13(15)19-8-7-18-12-5-3-11(14)4-6-12/h3-6,10H,7-9H2,1-2H3,(H2,15,16)/t10-/m1/s1. The lowest BCUT2D eigenvalue weighted by Crippen LogP contribution is -2.16. The molecule has 0 aliphatic heterocycles. The Morgan fingerprint density at radius 1 is 1.42 bits per heavy atom. The number of amidine groups is 1. The van der Waals surface area contributed by atoms with Crippen LogP contribution in [0.5, 0.6) is 5.75 Å². The van der Waals surface area contributed by atoms with Crippen LogP contribution in [0.2, 0.25) is 5.02 Å². The van der Waals surface area contributed by atoms with Gasteiger partial charge in [0.1, 0.15) is 5.75 Å². The third-order valence-corrected chi connectivity index (χ3v) is 3.20. The lowest BCUT2D eigenvalue weighted by atomic mass is 10.3. The Morgan fingerprint density at radius 2 is 2.11 bits per heavy atom. The molecule has 6 heteroatoms. The van der Waals surface area contributed by atoms with Gasteiger partial charge < -0.3 is 15.2 Å². The number of nitrogens with two attached hydrogens (primary N) is 1. The van der Waals surface area contributed by atoms with Crippen molar-refractivity contribution in [3.05, 3.63) is 29.3 Å². The van der Waals surface area contributed by atoms with Crippen molar-refractivity contribution in [3.63, 3.8) is 0 Å². The van der Waals surface area contributed by atoms with Crippen LogP contribution in [0.25, 0.3) is 0 Å². The number of nitrogens with zero attached hydrogens (tertiary/aromatic N) is 1. The smallest absolute Gasteiger partial charge is 0.154 e. The van der Waals surface area contributed by atoms with Crippen LogP contribution in [-0.4, -0.2) is 37.3 Å². The van der Waals surface area contributed by atoms with Crippen molar-refractivity contribution >= 4 is 28.5 Å². The van der Waals surface area contributed by atoms with Gasteiger partial charge in [0, 0.05) is 17.9 Å². The highest BCUT2D eigenvalue weighted by atomic mass is 35.5. The molecule has 106 valence electrons. The number of ether oxygens (including phenoxy) is 2. The highest BCUT2D eigenvalue weighted by Crippen LogP contribution is 2.15. The molecule has 0 unspecified atom stereocenters. The maximum absolute atomic E-state index is 5.79. The van der Waals surface area contributed by atoms with Gasteiger partial charge in [-0.3, -0.25) is 4.99 Å². The van der Waals surface area contributed by atoms with E-state index < -0.39 is 0 Å². The van der Waals surface area contributed by atoms with Crippen molar-refractivity contribution in [1.82, 2.24) is 0 Å². The highest BCUT2D eigenvalue weighted by molar-refractivity contribution is 8.13. The largest absolute Gasteiger partial charge is 0.493 e. The summed E-state index contributed by atoms with van der Waals surface area (Å²) in [5.41, 5.74) is 5.79. The molecule has 0 amide bonds. The van der Waals surface area contributed by atoms with E-state index in [4.69, 9.17) is 26.8 Å². The fourth-order valence-corrected chi connectivity index (χ4v) is 2.13. The number of rotatable bonds is 7. The summed E-state index contributed by atoms with van der Waals surface area (Å²) in [6.07, 6.45) is 0. The fourth-order valence-electron chi connectivity index (χ4n) is 1.37. The van der Waals surface area contributed by atoms with Crippen LogP contribution in [0.4, 0.5) is 0 Å². The van der Waals surface area contributed by atoms with Gasteiger partial charge in [0.05, 0.1) is 19.3 Å². The minimum atomic E-state index is 0.0784. The zero-order valence-corrected chi connectivity index (χ0v) is 12.7. The van der Waals surface area contributed by atoms with Gasteiger partial charge in [-0.05, 0) is 31.2 Å². The number of hydrogen-bond acceptors (Lipinski definition) is 4. The first-order chi connectivity index (χ1) is 9.11. The maximum atomic E-state index is 5.79. The topological polar surface area (TPSA) is 56.8 Å². The van der Waals surface area contributed by atoms with E-state index in [1.807, 2.05) is 19.1 Å². The zero-order valence-electron chi connectivity index (χ0n) is 11.1. The van der Waals surface area contributed by atoms with Gasteiger partial charge >= 0.3 is 0 Å². The van der Waals surface area contributed by atoms with E-state index in [1.165, 1.54) is 11.8 Å². The molecule has 0 aromatic heterocycles. The molecule has 19 heavy (non-hydrogen) atoms. The first-order valence-corrected chi connectivity index (χ1v) is 7.31. The normalized spacial score (nSPS) is 13.3. The summed E-state index contributed by atoms with van der Waals surface area (Å²) in [7, 11) is 1.65. The van der Waals surface area contributed by atoms with Crippen molar-refractivity contribution in [2.24, 2.45) is 10.7 Å². The van der Waals surface area contributed by atoms with Gasteiger partial charge in [0.2, 0.25) is 0 Å². The number of benzene rings is 1. The van der Waals surface area contributed by atoms with E-state index in [0.717, 1.165) is 11.5 Å². The molecule has 0 spiro atoms. The van der Waals surface area contributed by atoms with E-state index in [9.17, 15) is 0 Å². The molecule has 0 heterocycles. The average Bonchev–Trinajstić information content (AvgIpc) is 2.37. The lowest BCUT2D eigenvalue weighted by molar-refractivity contribution is 0.186. The molecule has 0 saturated heterocycles. The molecule has 0 bridgehead atoms. The molecule has 1 aromatic carbocycles. The molecule has 1 aromatic rings. The van der Waals surface area contributed by atoms with Crippen LogP contribution >= 0.6 is 23.4 Å². The summed E-state index contributed by atoms with van der Waals surface area (Å²) < 4.78 is 10.5. The molecule has 1 atom stereocenters. The van der Waals surface area contributed by atoms with E-state index in [1.54, 1.807) is 19.2 Å². The molecule has 0 radical (unpaired) electrons. The van der Waals surface area contributed by atoms with Crippen LogP contribution in [0.3, 0.4) is 0 Å². The van der Waals surface area contributed by atoms with E-state index in [2.05, 4.69) is 4.99 Å².